The molecule has 8 heteroatoms. The Morgan fingerprint density at radius 2 is 2.00 bits per heavy atom. The van der Waals surface area contributed by atoms with Crippen LogP contribution in [0.4, 0.5) is 5.69 Å². The van der Waals surface area contributed by atoms with Crippen molar-refractivity contribution in [3.05, 3.63) is 29.8 Å². The molecule has 1 heterocycles. The molecule has 0 spiro atoms. The monoisotopic (exact) mass is 348 g/mol. The van der Waals surface area contributed by atoms with Gasteiger partial charge in [0, 0.05) is 18.8 Å². The van der Waals surface area contributed by atoms with Crippen molar-refractivity contribution in [3.8, 4) is 0 Å². The van der Waals surface area contributed by atoms with Crippen molar-refractivity contribution in [3.63, 3.8) is 0 Å². The molecule has 2 rings (SSSR count). The van der Waals surface area contributed by atoms with E-state index in [0.29, 0.717) is 5.17 Å². The van der Waals surface area contributed by atoms with Gasteiger partial charge in [0.05, 0.1) is 12.6 Å². The van der Waals surface area contributed by atoms with Crippen molar-refractivity contribution in [2.24, 2.45) is 10.2 Å². The van der Waals surface area contributed by atoms with E-state index in [2.05, 4.69) is 34.3 Å². The number of thioether (sulfide) groups is 1. The van der Waals surface area contributed by atoms with Gasteiger partial charge in [0.15, 0.2) is 5.17 Å². The van der Waals surface area contributed by atoms with E-state index in [1.165, 1.54) is 0 Å². The zero-order valence-electron chi connectivity index (χ0n) is 13.6. The molecule has 1 aromatic carbocycles. The quantitative estimate of drug-likeness (QED) is 0.580. The van der Waals surface area contributed by atoms with Crippen LogP contribution in [-0.2, 0) is 9.59 Å². The van der Waals surface area contributed by atoms with E-state index >= 15 is 0 Å². The van der Waals surface area contributed by atoms with Gasteiger partial charge in [0.1, 0.15) is 5.25 Å². The number of amidine groups is 1. The van der Waals surface area contributed by atoms with Crippen molar-refractivity contribution >= 4 is 40.7 Å². The fourth-order valence-electron chi connectivity index (χ4n) is 2.25. The molecule has 128 valence electrons. The molecule has 2 N–H and O–H groups in total. The number of hydrogen-bond donors (Lipinski definition) is 2. The summed E-state index contributed by atoms with van der Waals surface area (Å²) in [5.74, 6) is -1.36. The lowest BCUT2D eigenvalue weighted by Gasteiger charge is -2.20. The molecule has 0 bridgehead atoms. The molecular formula is C16H20N4O3S. The third-order valence-corrected chi connectivity index (χ3v) is 4.59. The molecular weight excluding hydrogens is 328 g/mol. The number of hydrogen-bond acceptors (Lipinski definition) is 6. The number of carbonyl (C=O) groups is 2. The predicted octanol–water partition coefficient (Wildman–Crippen LogP) is 1.93. The molecule has 0 unspecified atom stereocenters. The minimum atomic E-state index is -1.01. The number of anilines is 1. The zero-order chi connectivity index (χ0) is 17.5. The van der Waals surface area contributed by atoms with Crippen LogP contribution in [0.15, 0.2) is 34.5 Å². The van der Waals surface area contributed by atoms with Gasteiger partial charge < -0.3 is 15.3 Å². The molecule has 0 saturated carbocycles. The van der Waals surface area contributed by atoms with Gasteiger partial charge in [0.2, 0.25) is 5.91 Å². The highest BCUT2D eigenvalue weighted by atomic mass is 32.2. The minimum absolute atomic E-state index is 0.230. The van der Waals surface area contributed by atoms with Crippen LogP contribution in [0.5, 0.6) is 0 Å². The summed E-state index contributed by atoms with van der Waals surface area (Å²) in [6.07, 6.45) is 1.36. The van der Waals surface area contributed by atoms with Gasteiger partial charge in [-0.25, -0.2) is 0 Å². The summed E-state index contributed by atoms with van der Waals surface area (Å²) in [7, 11) is 0. The average Bonchev–Trinajstić information content (AvgIpc) is 2.89. The normalized spacial score (nSPS) is 19.0. The number of rotatable bonds is 7. The number of carboxylic acid groups (broad SMARTS) is 1. The molecule has 24 heavy (non-hydrogen) atoms. The summed E-state index contributed by atoms with van der Waals surface area (Å²) in [5, 5.41) is 18.8. The molecule has 1 amide bonds. The Morgan fingerprint density at radius 1 is 1.33 bits per heavy atom. The van der Waals surface area contributed by atoms with Crippen LogP contribution in [0, 0.1) is 0 Å². The molecule has 0 aromatic heterocycles. The molecule has 1 aromatic rings. The fourth-order valence-corrected chi connectivity index (χ4v) is 3.17. The van der Waals surface area contributed by atoms with E-state index in [1.807, 2.05) is 24.3 Å². The molecule has 1 aliphatic heterocycles. The Bertz CT molecular complexity index is 654. The minimum Gasteiger partial charge on any atom is -0.481 e. The summed E-state index contributed by atoms with van der Waals surface area (Å²) in [6, 6.07) is 7.95. The van der Waals surface area contributed by atoms with Gasteiger partial charge in [-0.2, -0.15) is 5.10 Å². The number of aliphatic carboxylic acids is 1. The van der Waals surface area contributed by atoms with Crippen LogP contribution in [-0.4, -0.2) is 46.7 Å². The highest BCUT2D eigenvalue weighted by Gasteiger charge is 2.32. The SMILES string of the molecule is CCN(CC)c1ccc(C=NN=C2NC(=O)[C@@H](CC(=O)O)S2)cc1. The summed E-state index contributed by atoms with van der Waals surface area (Å²) < 4.78 is 0. The summed E-state index contributed by atoms with van der Waals surface area (Å²) in [5.41, 5.74) is 2.05. The number of benzene rings is 1. The lowest BCUT2D eigenvalue weighted by Crippen LogP contribution is -2.26. The van der Waals surface area contributed by atoms with E-state index in [9.17, 15) is 9.59 Å². The lowest BCUT2D eigenvalue weighted by molar-refractivity contribution is -0.138. The number of carboxylic acids is 1. The first-order valence-electron chi connectivity index (χ1n) is 7.68. The molecule has 1 fully saturated rings. The molecule has 1 saturated heterocycles. The van der Waals surface area contributed by atoms with Gasteiger partial charge in [-0.3, -0.25) is 9.59 Å². The van der Waals surface area contributed by atoms with E-state index in [-0.39, 0.29) is 12.3 Å². The van der Waals surface area contributed by atoms with Gasteiger partial charge in [-0.05, 0) is 31.5 Å². The van der Waals surface area contributed by atoms with E-state index in [4.69, 9.17) is 5.11 Å². The predicted molar refractivity (Wildman–Crippen MR) is 96.8 cm³/mol. The van der Waals surface area contributed by atoms with Crippen molar-refractivity contribution < 1.29 is 14.7 Å². The standard InChI is InChI=1S/C16H20N4O3S/c1-3-20(4-2)12-7-5-11(6-8-12)10-17-19-16-18-15(23)13(24-16)9-14(21)22/h5-8,10,13H,3-4,9H2,1-2H3,(H,21,22)(H,18,19,23)/t13-/m1/s1. The Kier molecular flexibility index (Phi) is 6.36. The second-order valence-corrected chi connectivity index (χ2v) is 6.30. The number of nitrogens with zero attached hydrogens (tertiary/aromatic N) is 3. The number of amides is 1. The zero-order valence-corrected chi connectivity index (χ0v) is 14.4. The van der Waals surface area contributed by atoms with Crippen LogP contribution >= 0.6 is 11.8 Å². The van der Waals surface area contributed by atoms with E-state index in [1.54, 1.807) is 6.21 Å². The third kappa shape index (κ3) is 4.82. The maximum atomic E-state index is 11.6. The fraction of sp³-hybridized carbons (Fsp3) is 0.375. The van der Waals surface area contributed by atoms with Crippen LogP contribution in [0.25, 0.3) is 0 Å². The number of carbonyl (C=O) groups excluding carboxylic acids is 1. The van der Waals surface area contributed by atoms with Crippen LogP contribution in [0.3, 0.4) is 0 Å². The maximum Gasteiger partial charge on any atom is 0.305 e. The number of nitrogens with one attached hydrogen (secondary N) is 1. The largest absolute Gasteiger partial charge is 0.481 e. The van der Waals surface area contributed by atoms with Crippen LogP contribution in [0.1, 0.15) is 25.8 Å². The van der Waals surface area contributed by atoms with E-state index in [0.717, 1.165) is 36.1 Å². The Balaban J connectivity index is 1.96. The second kappa shape index (κ2) is 8.49. The van der Waals surface area contributed by atoms with Crippen molar-refractivity contribution in [2.45, 2.75) is 25.5 Å². The second-order valence-electron chi connectivity index (χ2n) is 5.11. The Labute approximate surface area is 144 Å². The molecule has 7 nitrogen and oxygen atoms in total. The molecule has 0 aliphatic carbocycles. The van der Waals surface area contributed by atoms with E-state index < -0.39 is 11.2 Å². The topological polar surface area (TPSA) is 94.4 Å². The van der Waals surface area contributed by atoms with Crippen LogP contribution < -0.4 is 10.2 Å². The Morgan fingerprint density at radius 3 is 2.58 bits per heavy atom. The van der Waals surface area contributed by atoms with Crippen molar-refractivity contribution in [1.29, 1.82) is 0 Å². The van der Waals surface area contributed by atoms with Gasteiger partial charge in [0.25, 0.3) is 0 Å². The highest BCUT2D eigenvalue weighted by Crippen LogP contribution is 2.22. The van der Waals surface area contributed by atoms with Crippen LogP contribution in [0.2, 0.25) is 0 Å². The summed E-state index contributed by atoms with van der Waals surface area (Å²) in [4.78, 5) is 24.5. The lowest BCUT2D eigenvalue weighted by atomic mass is 10.2. The highest BCUT2D eigenvalue weighted by molar-refractivity contribution is 8.15. The third-order valence-electron chi connectivity index (χ3n) is 3.51. The molecule has 1 atom stereocenters. The van der Waals surface area contributed by atoms with Gasteiger partial charge in [-0.15, -0.1) is 5.10 Å². The average molecular weight is 348 g/mol. The Hall–Kier alpha value is -2.35. The van der Waals surface area contributed by atoms with Crippen molar-refractivity contribution in [2.75, 3.05) is 18.0 Å². The van der Waals surface area contributed by atoms with Gasteiger partial charge in [-0.1, -0.05) is 23.9 Å². The first-order valence-corrected chi connectivity index (χ1v) is 8.56. The maximum absolute atomic E-state index is 11.6. The van der Waals surface area contributed by atoms with Gasteiger partial charge >= 0.3 is 5.97 Å². The van der Waals surface area contributed by atoms with Crippen molar-refractivity contribution in [1.82, 2.24) is 5.32 Å². The molecule has 1 aliphatic rings. The first-order chi connectivity index (χ1) is 11.5. The first kappa shape index (κ1) is 18.0. The molecule has 0 radical (unpaired) electrons. The summed E-state index contributed by atoms with van der Waals surface area (Å²) >= 11 is 1.08. The smallest absolute Gasteiger partial charge is 0.305 e. The summed E-state index contributed by atoms with van der Waals surface area (Å²) in [6.45, 7) is 6.12.